The lowest BCUT2D eigenvalue weighted by Gasteiger charge is -2.29. The predicted octanol–water partition coefficient (Wildman–Crippen LogP) is 7.15. The summed E-state index contributed by atoms with van der Waals surface area (Å²) in [6.07, 6.45) is 23.4. The zero-order valence-corrected chi connectivity index (χ0v) is 25.7. The molecule has 2 fully saturated rings. The summed E-state index contributed by atoms with van der Waals surface area (Å²) >= 11 is 0. The van der Waals surface area contributed by atoms with Gasteiger partial charge in [0.2, 0.25) is 0 Å². The third-order valence-electron chi connectivity index (χ3n) is 7.53. The summed E-state index contributed by atoms with van der Waals surface area (Å²) in [6, 6.07) is 0. The summed E-state index contributed by atoms with van der Waals surface area (Å²) in [7, 11) is 1.37. The van der Waals surface area contributed by atoms with Gasteiger partial charge in [0.15, 0.2) is 0 Å². The highest BCUT2D eigenvalue weighted by Gasteiger charge is 2.30. The average molecular weight is 573 g/mol. The number of unbranched alkanes of at least 4 members (excludes halogenated alkanes) is 1. The Labute approximate surface area is 247 Å². The van der Waals surface area contributed by atoms with Crippen LogP contribution in [0.25, 0.3) is 0 Å². The van der Waals surface area contributed by atoms with E-state index in [4.69, 9.17) is 18.9 Å². The number of ketones is 1. The SMILES string of the molecule is CCCCC1CC(=O)CC(CC(=O)OC(/C=C/C=C\C=C(/C)CC(=O)OC)C(C)/C=C/CCC2CCCCCO2)O1. The van der Waals surface area contributed by atoms with Crippen LogP contribution in [0, 0.1) is 5.92 Å². The van der Waals surface area contributed by atoms with Crippen molar-refractivity contribution in [2.75, 3.05) is 13.7 Å². The highest BCUT2D eigenvalue weighted by molar-refractivity contribution is 5.81. The number of carbonyl (C=O) groups excluding carboxylic acids is 3. The molecule has 2 heterocycles. The Morgan fingerprint density at radius 3 is 2.59 bits per heavy atom. The molecule has 0 bridgehead atoms. The molecule has 2 saturated heterocycles. The van der Waals surface area contributed by atoms with Gasteiger partial charge in [-0.2, -0.15) is 0 Å². The van der Waals surface area contributed by atoms with E-state index in [0.29, 0.717) is 12.5 Å². The normalized spacial score (nSPS) is 24.0. The number of Topliss-reactive ketones (excluding diaryl/α,β-unsaturated/α-hetero) is 1. The molecule has 2 rings (SSSR count). The van der Waals surface area contributed by atoms with Gasteiger partial charge in [-0.15, -0.1) is 0 Å². The summed E-state index contributed by atoms with van der Waals surface area (Å²) in [5.74, 6) is -0.526. The first-order valence-electron chi connectivity index (χ1n) is 15.5. The Bertz CT molecular complexity index is 908. The molecule has 0 aromatic rings. The van der Waals surface area contributed by atoms with Gasteiger partial charge in [-0.25, -0.2) is 0 Å². The van der Waals surface area contributed by atoms with Gasteiger partial charge in [-0.05, 0) is 45.1 Å². The minimum Gasteiger partial charge on any atom is -0.469 e. The molecule has 0 aromatic carbocycles. The molecule has 7 nitrogen and oxygen atoms in total. The molecule has 5 unspecified atom stereocenters. The lowest BCUT2D eigenvalue weighted by Crippen LogP contribution is -2.35. The number of hydrogen-bond acceptors (Lipinski definition) is 7. The van der Waals surface area contributed by atoms with Crippen molar-refractivity contribution < 1.29 is 33.3 Å². The van der Waals surface area contributed by atoms with Crippen LogP contribution in [-0.2, 0) is 33.3 Å². The number of esters is 2. The number of methoxy groups -OCH3 is 1. The Kier molecular flexibility index (Phi) is 17.2. The average Bonchev–Trinajstić information content (AvgIpc) is 3.21. The van der Waals surface area contributed by atoms with Gasteiger partial charge in [0, 0.05) is 25.4 Å². The molecule has 5 atom stereocenters. The molecule has 0 N–H and O–H groups in total. The fourth-order valence-electron chi connectivity index (χ4n) is 5.12. The minimum absolute atomic E-state index is 0.0403. The molecule has 2 aliphatic heterocycles. The molecule has 230 valence electrons. The Morgan fingerprint density at radius 2 is 1.80 bits per heavy atom. The second-order valence-electron chi connectivity index (χ2n) is 11.4. The van der Waals surface area contributed by atoms with Gasteiger partial charge in [0.05, 0.1) is 38.3 Å². The van der Waals surface area contributed by atoms with Gasteiger partial charge in [-0.3, -0.25) is 14.4 Å². The summed E-state index contributed by atoms with van der Waals surface area (Å²) in [5, 5.41) is 0. The maximum Gasteiger partial charge on any atom is 0.309 e. The third kappa shape index (κ3) is 15.3. The quantitative estimate of drug-likeness (QED) is 0.110. The summed E-state index contributed by atoms with van der Waals surface area (Å²) in [6.45, 7) is 6.87. The molecular weight excluding hydrogens is 520 g/mol. The molecular formula is C34H52O7. The number of carbonyl (C=O) groups is 3. The van der Waals surface area contributed by atoms with Crippen LogP contribution in [0.1, 0.15) is 104 Å². The monoisotopic (exact) mass is 572 g/mol. The number of ether oxygens (including phenoxy) is 4. The molecule has 0 spiro atoms. The second-order valence-corrected chi connectivity index (χ2v) is 11.4. The molecule has 0 radical (unpaired) electrons. The van der Waals surface area contributed by atoms with E-state index >= 15 is 0 Å². The van der Waals surface area contributed by atoms with Gasteiger partial charge < -0.3 is 18.9 Å². The van der Waals surface area contributed by atoms with Crippen LogP contribution in [0.15, 0.2) is 48.1 Å². The van der Waals surface area contributed by atoms with Crippen molar-refractivity contribution in [3.05, 3.63) is 48.1 Å². The Hall–Kier alpha value is -2.51. The largest absolute Gasteiger partial charge is 0.469 e. The highest BCUT2D eigenvalue weighted by atomic mass is 16.5. The maximum atomic E-state index is 13.0. The van der Waals surface area contributed by atoms with E-state index in [9.17, 15) is 14.4 Å². The van der Waals surface area contributed by atoms with Crippen LogP contribution >= 0.6 is 0 Å². The number of hydrogen-bond donors (Lipinski definition) is 0. The zero-order chi connectivity index (χ0) is 29.9. The first kappa shape index (κ1) is 34.7. The van der Waals surface area contributed by atoms with E-state index < -0.39 is 12.2 Å². The smallest absolute Gasteiger partial charge is 0.309 e. The molecule has 41 heavy (non-hydrogen) atoms. The number of rotatable bonds is 16. The lowest BCUT2D eigenvalue weighted by atomic mass is 9.97. The van der Waals surface area contributed by atoms with E-state index in [1.54, 1.807) is 0 Å². The van der Waals surface area contributed by atoms with E-state index in [1.807, 2.05) is 44.2 Å². The lowest BCUT2D eigenvalue weighted by molar-refractivity contribution is -0.156. The van der Waals surface area contributed by atoms with E-state index in [1.165, 1.54) is 20.0 Å². The van der Waals surface area contributed by atoms with Crippen LogP contribution in [0.4, 0.5) is 0 Å². The fraction of sp³-hybridized carbons (Fsp3) is 0.676. The summed E-state index contributed by atoms with van der Waals surface area (Å²) in [5.41, 5.74) is 0.887. The van der Waals surface area contributed by atoms with Crippen molar-refractivity contribution in [3.63, 3.8) is 0 Å². The van der Waals surface area contributed by atoms with Gasteiger partial charge in [-0.1, -0.05) is 81.6 Å². The molecule has 0 aromatic heterocycles. The van der Waals surface area contributed by atoms with Crippen LogP contribution in [0.2, 0.25) is 0 Å². The van der Waals surface area contributed by atoms with Gasteiger partial charge in [0.25, 0.3) is 0 Å². The zero-order valence-electron chi connectivity index (χ0n) is 25.7. The molecule has 7 heteroatoms. The fourth-order valence-corrected chi connectivity index (χ4v) is 5.12. The summed E-state index contributed by atoms with van der Waals surface area (Å²) < 4.78 is 22.6. The van der Waals surface area contributed by atoms with Gasteiger partial charge >= 0.3 is 11.9 Å². The van der Waals surface area contributed by atoms with E-state index in [2.05, 4.69) is 19.1 Å². The van der Waals surface area contributed by atoms with Crippen LogP contribution in [0.3, 0.4) is 0 Å². The van der Waals surface area contributed by atoms with Crippen molar-refractivity contribution in [2.24, 2.45) is 5.92 Å². The Balaban J connectivity index is 1.99. The predicted molar refractivity (Wildman–Crippen MR) is 161 cm³/mol. The van der Waals surface area contributed by atoms with Crippen molar-refractivity contribution in [3.8, 4) is 0 Å². The first-order valence-corrected chi connectivity index (χ1v) is 15.5. The van der Waals surface area contributed by atoms with Gasteiger partial charge in [0.1, 0.15) is 11.9 Å². The van der Waals surface area contributed by atoms with Crippen molar-refractivity contribution >= 4 is 17.7 Å². The van der Waals surface area contributed by atoms with E-state index in [0.717, 1.165) is 57.1 Å². The molecule has 0 aliphatic carbocycles. The number of allylic oxidation sites excluding steroid dienone is 5. The molecule has 0 amide bonds. The van der Waals surface area contributed by atoms with Crippen molar-refractivity contribution in [1.29, 1.82) is 0 Å². The second kappa shape index (κ2) is 20.4. The first-order chi connectivity index (χ1) is 19.8. The highest BCUT2D eigenvalue weighted by Crippen LogP contribution is 2.24. The van der Waals surface area contributed by atoms with E-state index in [-0.39, 0.29) is 49.0 Å². The van der Waals surface area contributed by atoms with Crippen LogP contribution in [0.5, 0.6) is 0 Å². The standard InChI is InChI=1S/C34H52O7/c1-5-6-17-30-23-28(35)24-31(40-30)25-34(37)41-32(20-11-7-9-15-26(2)22-33(36)38-4)27(3)16-12-13-19-29-18-10-8-14-21-39-29/h7,9,11-12,15-16,20,27,29-32H,5-6,8,10,13-14,17-19,21-25H2,1-4H3/b9-7-,16-12+,20-11+,26-15+. The molecule has 0 saturated carbocycles. The van der Waals surface area contributed by atoms with Crippen LogP contribution in [-0.4, -0.2) is 55.9 Å². The third-order valence-corrected chi connectivity index (χ3v) is 7.53. The maximum absolute atomic E-state index is 13.0. The summed E-state index contributed by atoms with van der Waals surface area (Å²) in [4.78, 5) is 36.7. The van der Waals surface area contributed by atoms with Crippen molar-refractivity contribution in [1.82, 2.24) is 0 Å². The topological polar surface area (TPSA) is 88.1 Å². The minimum atomic E-state index is -0.465. The van der Waals surface area contributed by atoms with Crippen LogP contribution < -0.4 is 0 Å². The van der Waals surface area contributed by atoms with Crippen molar-refractivity contribution in [2.45, 2.75) is 129 Å². The molecule has 2 aliphatic rings. The Morgan fingerprint density at radius 1 is 1.00 bits per heavy atom.